The first-order valence-electron chi connectivity index (χ1n) is 7.36. The lowest BCUT2D eigenvalue weighted by Gasteiger charge is -2.11. The summed E-state index contributed by atoms with van der Waals surface area (Å²) in [4.78, 5) is 29.7. The molecule has 8 nitrogen and oxygen atoms in total. The normalized spacial score (nSPS) is 11.1. The molecule has 2 rings (SSSR count). The Balaban J connectivity index is 1.97. The summed E-state index contributed by atoms with van der Waals surface area (Å²) < 4.78 is 37.9. The minimum atomic E-state index is -4.67. The Kier molecular flexibility index (Phi) is 5.70. The first kappa shape index (κ1) is 19.1. The van der Waals surface area contributed by atoms with E-state index in [1.165, 1.54) is 12.3 Å². The minimum absolute atomic E-state index is 0.0714. The van der Waals surface area contributed by atoms with Crippen molar-refractivity contribution in [2.75, 3.05) is 18.4 Å². The van der Waals surface area contributed by atoms with E-state index in [9.17, 15) is 28.1 Å². The van der Waals surface area contributed by atoms with Crippen molar-refractivity contribution in [3.63, 3.8) is 0 Å². The fourth-order valence-corrected chi connectivity index (χ4v) is 2.05. The van der Waals surface area contributed by atoms with Crippen LogP contribution in [0.25, 0.3) is 0 Å². The number of amides is 1. The number of halogens is 3. The number of hydrogen-bond acceptors (Lipinski definition) is 6. The molecular weight excluding hydrogens is 355 g/mol. The van der Waals surface area contributed by atoms with Crippen LogP contribution in [0, 0.1) is 17.0 Å². The van der Waals surface area contributed by atoms with E-state index in [1.54, 1.807) is 6.92 Å². The molecule has 0 spiro atoms. The summed E-state index contributed by atoms with van der Waals surface area (Å²) in [5.41, 5.74) is -1.71. The second-order valence-electron chi connectivity index (χ2n) is 5.16. The lowest BCUT2D eigenvalue weighted by Crippen LogP contribution is -2.29. The summed E-state index contributed by atoms with van der Waals surface area (Å²) in [7, 11) is 0. The van der Waals surface area contributed by atoms with E-state index in [-0.39, 0.29) is 24.5 Å². The first-order valence-corrected chi connectivity index (χ1v) is 7.36. The van der Waals surface area contributed by atoms with Gasteiger partial charge < -0.3 is 10.6 Å². The van der Waals surface area contributed by atoms with Gasteiger partial charge in [-0.1, -0.05) is 0 Å². The van der Waals surface area contributed by atoms with Crippen molar-refractivity contribution in [2.24, 2.45) is 0 Å². The highest BCUT2D eigenvalue weighted by molar-refractivity contribution is 5.92. The number of anilines is 1. The zero-order chi connectivity index (χ0) is 19.3. The van der Waals surface area contributed by atoms with E-state index in [1.807, 2.05) is 0 Å². The molecule has 0 aliphatic carbocycles. The lowest BCUT2D eigenvalue weighted by atomic mass is 10.1. The molecule has 0 aliphatic rings. The summed E-state index contributed by atoms with van der Waals surface area (Å²) in [6.07, 6.45) is -3.24. The summed E-state index contributed by atoms with van der Waals surface area (Å²) in [6.45, 7) is 1.78. The van der Waals surface area contributed by atoms with Gasteiger partial charge in [-0.05, 0) is 25.1 Å². The molecule has 2 N–H and O–H groups in total. The molecule has 0 fully saturated rings. The van der Waals surface area contributed by atoms with Crippen molar-refractivity contribution in [3.8, 4) is 0 Å². The van der Waals surface area contributed by atoms with Crippen LogP contribution in [0.3, 0.4) is 0 Å². The van der Waals surface area contributed by atoms with Gasteiger partial charge in [-0.3, -0.25) is 14.9 Å². The highest BCUT2D eigenvalue weighted by Gasteiger charge is 2.32. The summed E-state index contributed by atoms with van der Waals surface area (Å²) in [6, 6.07) is 3.62. The predicted octanol–water partition coefficient (Wildman–Crippen LogP) is 2.55. The Labute approximate surface area is 145 Å². The Morgan fingerprint density at radius 2 is 2.00 bits per heavy atom. The largest absolute Gasteiger partial charge is 0.416 e. The molecule has 0 saturated heterocycles. The maximum atomic E-state index is 12.6. The Morgan fingerprint density at radius 3 is 2.62 bits per heavy atom. The first-order chi connectivity index (χ1) is 12.2. The van der Waals surface area contributed by atoms with Crippen molar-refractivity contribution in [2.45, 2.75) is 13.1 Å². The van der Waals surface area contributed by atoms with Crippen LogP contribution in [0.5, 0.6) is 0 Å². The lowest BCUT2D eigenvalue weighted by molar-refractivity contribution is -0.384. The Morgan fingerprint density at radius 1 is 1.27 bits per heavy atom. The number of carbonyl (C=O) groups is 1. The molecule has 1 amide bonds. The number of aryl methyl sites for hydroxylation is 1. The quantitative estimate of drug-likeness (QED) is 0.460. The highest BCUT2D eigenvalue weighted by Crippen LogP contribution is 2.34. The number of nitrogens with zero attached hydrogens (tertiary/aromatic N) is 3. The van der Waals surface area contributed by atoms with Crippen LogP contribution < -0.4 is 10.6 Å². The van der Waals surface area contributed by atoms with E-state index in [4.69, 9.17) is 0 Å². The molecule has 0 unspecified atom stereocenters. The molecule has 1 aromatic carbocycles. The van der Waals surface area contributed by atoms with Gasteiger partial charge in [0.25, 0.3) is 11.6 Å². The van der Waals surface area contributed by atoms with Gasteiger partial charge >= 0.3 is 6.18 Å². The molecule has 11 heteroatoms. The van der Waals surface area contributed by atoms with Crippen LogP contribution in [0.2, 0.25) is 0 Å². The third kappa shape index (κ3) is 4.88. The summed E-state index contributed by atoms with van der Waals surface area (Å²) in [5.74, 6) is -0.0321. The van der Waals surface area contributed by atoms with Crippen molar-refractivity contribution < 1.29 is 22.9 Å². The average molecular weight is 369 g/mol. The Hall–Kier alpha value is -3.24. The highest BCUT2D eigenvalue weighted by atomic mass is 19.4. The van der Waals surface area contributed by atoms with Crippen LogP contribution in [0.15, 0.2) is 30.5 Å². The van der Waals surface area contributed by atoms with Crippen LogP contribution in [0.1, 0.15) is 21.9 Å². The van der Waals surface area contributed by atoms with Crippen LogP contribution in [-0.4, -0.2) is 33.9 Å². The van der Waals surface area contributed by atoms with E-state index in [0.717, 1.165) is 12.1 Å². The third-order valence-electron chi connectivity index (χ3n) is 3.26. The van der Waals surface area contributed by atoms with Crippen molar-refractivity contribution in [3.05, 3.63) is 57.7 Å². The third-order valence-corrected chi connectivity index (χ3v) is 3.26. The predicted molar refractivity (Wildman–Crippen MR) is 85.7 cm³/mol. The average Bonchev–Trinajstić information content (AvgIpc) is 2.57. The summed E-state index contributed by atoms with van der Waals surface area (Å²) >= 11 is 0. The number of nitrogens with one attached hydrogen (secondary N) is 2. The van der Waals surface area contributed by atoms with E-state index in [0.29, 0.717) is 11.9 Å². The molecule has 0 saturated carbocycles. The van der Waals surface area contributed by atoms with Crippen molar-refractivity contribution in [1.29, 1.82) is 0 Å². The zero-order valence-corrected chi connectivity index (χ0v) is 13.5. The molecule has 2 aromatic rings. The van der Waals surface area contributed by atoms with E-state index in [2.05, 4.69) is 20.6 Å². The number of aromatic nitrogens is 2. The zero-order valence-electron chi connectivity index (χ0n) is 13.5. The minimum Gasteiger partial charge on any atom is -0.378 e. The van der Waals surface area contributed by atoms with E-state index < -0.39 is 28.3 Å². The molecule has 0 bridgehead atoms. The SMILES string of the molecule is Cc1nccc(C(=O)NCCNc2ccc(C(F)(F)F)cc2[N+](=O)[O-])n1. The maximum Gasteiger partial charge on any atom is 0.416 e. The topological polar surface area (TPSA) is 110 Å². The van der Waals surface area contributed by atoms with E-state index >= 15 is 0 Å². The van der Waals surface area contributed by atoms with Gasteiger partial charge in [0.15, 0.2) is 0 Å². The second kappa shape index (κ2) is 7.76. The number of benzene rings is 1. The van der Waals surface area contributed by atoms with Crippen molar-refractivity contribution in [1.82, 2.24) is 15.3 Å². The molecule has 0 radical (unpaired) electrons. The van der Waals surface area contributed by atoms with Gasteiger partial charge in [-0.25, -0.2) is 9.97 Å². The molecule has 1 heterocycles. The number of nitro benzene ring substituents is 1. The number of hydrogen-bond donors (Lipinski definition) is 2. The van der Waals surface area contributed by atoms with Gasteiger partial charge in [0.2, 0.25) is 0 Å². The van der Waals surface area contributed by atoms with Gasteiger partial charge in [0, 0.05) is 25.4 Å². The molecule has 0 atom stereocenters. The molecule has 138 valence electrons. The van der Waals surface area contributed by atoms with Crippen molar-refractivity contribution >= 4 is 17.3 Å². The number of nitro groups is 1. The molecular formula is C15H14F3N5O3. The smallest absolute Gasteiger partial charge is 0.378 e. The van der Waals surface area contributed by atoms with Gasteiger partial charge in [-0.15, -0.1) is 0 Å². The van der Waals surface area contributed by atoms with Crippen LogP contribution in [0.4, 0.5) is 24.5 Å². The monoisotopic (exact) mass is 369 g/mol. The maximum absolute atomic E-state index is 12.6. The van der Waals surface area contributed by atoms with Gasteiger partial charge in [-0.2, -0.15) is 13.2 Å². The summed E-state index contributed by atoms with van der Waals surface area (Å²) in [5, 5.41) is 16.1. The number of alkyl halides is 3. The second-order valence-corrected chi connectivity index (χ2v) is 5.16. The van der Waals surface area contributed by atoms with Gasteiger partial charge in [0.05, 0.1) is 10.5 Å². The number of carbonyl (C=O) groups excluding carboxylic acids is 1. The molecule has 1 aromatic heterocycles. The van der Waals surface area contributed by atoms with Crippen LogP contribution in [-0.2, 0) is 6.18 Å². The fourth-order valence-electron chi connectivity index (χ4n) is 2.05. The molecule has 0 aliphatic heterocycles. The number of rotatable bonds is 6. The standard InChI is InChI=1S/C15H14F3N5O3/c1-9-19-5-4-12(22-9)14(24)21-7-6-20-11-3-2-10(15(16,17)18)8-13(11)23(25)26/h2-5,8,20H,6-7H2,1H3,(H,21,24). The Bertz CT molecular complexity index is 826. The van der Waals surface area contributed by atoms with Crippen LogP contribution >= 0.6 is 0 Å². The fraction of sp³-hybridized carbons (Fsp3) is 0.267. The van der Waals surface area contributed by atoms with Gasteiger partial charge in [0.1, 0.15) is 17.2 Å². The molecule has 26 heavy (non-hydrogen) atoms.